The third-order valence-corrected chi connectivity index (χ3v) is 2.65. The van der Waals surface area contributed by atoms with Crippen LogP contribution in [0.15, 0.2) is 22.7 Å². The van der Waals surface area contributed by atoms with Crippen LogP contribution in [-0.4, -0.2) is 20.3 Å². The molecule has 0 spiro atoms. The third kappa shape index (κ3) is 3.81. The first kappa shape index (κ1) is 12.5. The minimum Gasteiger partial charge on any atom is -0.490 e. The van der Waals surface area contributed by atoms with Crippen LogP contribution in [0, 0.1) is 0 Å². The van der Waals surface area contributed by atoms with Gasteiger partial charge in [0.2, 0.25) is 0 Å². The summed E-state index contributed by atoms with van der Waals surface area (Å²) in [5, 5.41) is 0. The monoisotopic (exact) mass is 273 g/mol. The molecule has 1 aromatic carbocycles. The fourth-order valence-corrected chi connectivity index (χ4v) is 1.66. The summed E-state index contributed by atoms with van der Waals surface area (Å²) in [5.41, 5.74) is 6.86. The lowest BCUT2D eigenvalue weighted by molar-refractivity contribution is 0.146. The first-order valence-electron chi connectivity index (χ1n) is 4.82. The highest BCUT2D eigenvalue weighted by Gasteiger charge is 2.05. The summed E-state index contributed by atoms with van der Waals surface area (Å²) < 4.78 is 11.3. The Bertz CT molecular complexity index is 315. The molecule has 1 rings (SSSR count). The molecule has 2 N–H and O–H groups in total. The summed E-state index contributed by atoms with van der Waals surface area (Å²) in [4.78, 5) is 0. The topological polar surface area (TPSA) is 44.5 Å². The molecule has 0 fully saturated rings. The predicted octanol–water partition coefficient (Wildman–Crippen LogP) is 2.49. The van der Waals surface area contributed by atoms with E-state index in [1.165, 1.54) is 0 Å². The zero-order valence-electron chi connectivity index (χ0n) is 9.00. The van der Waals surface area contributed by atoms with Crippen molar-refractivity contribution in [3.05, 3.63) is 28.2 Å². The number of halogens is 1. The van der Waals surface area contributed by atoms with Gasteiger partial charge in [-0.15, -0.1) is 0 Å². The minimum absolute atomic E-state index is 0.0364. The molecule has 1 aromatic rings. The van der Waals surface area contributed by atoms with Gasteiger partial charge in [0.1, 0.15) is 12.4 Å². The van der Waals surface area contributed by atoms with Crippen LogP contribution in [0.25, 0.3) is 0 Å². The molecule has 0 aliphatic rings. The molecule has 0 heterocycles. The number of ether oxygens (including phenoxy) is 2. The van der Waals surface area contributed by atoms with Crippen molar-refractivity contribution in [2.45, 2.75) is 13.0 Å². The van der Waals surface area contributed by atoms with Crippen LogP contribution in [-0.2, 0) is 4.74 Å². The van der Waals surface area contributed by atoms with Crippen LogP contribution in [0.2, 0.25) is 0 Å². The lowest BCUT2D eigenvalue weighted by atomic mass is 10.1. The number of benzene rings is 1. The molecule has 3 nitrogen and oxygen atoms in total. The Morgan fingerprint density at radius 1 is 1.40 bits per heavy atom. The highest BCUT2D eigenvalue weighted by Crippen LogP contribution is 2.27. The van der Waals surface area contributed by atoms with E-state index in [0.29, 0.717) is 13.2 Å². The predicted molar refractivity (Wildman–Crippen MR) is 64.1 cm³/mol. The van der Waals surface area contributed by atoms with Crippen LogP contribution < -0.4 is 10.5 Å². The average Bonchev–Trinajstić information content (AvgIpc) is 2.20. The van der Waals surface area contributed by atoms with Crippen molar-refractivity contribution < 1.29 is 9.47 Å². The molecule has 0 saturated carbocycles. The Morgan fingerprint density at radius 3 is 2.67 bits per heavy atom. The van der Waals surface area contributed by atoms with Gasteiger partial charge in [-0.1, -0.05) is 6.07 Å². The summed E-state index contributed by atoms with van der Waals surface area (Å²) in [6, 6.07) is 5.90. The van der Waals surface area contributed by atoms with Gasteiger partial charge in [-0.2, -0.15) is 0 Å². The molecular formula is C11H16BrNO2. The van der Waals surface area contributed by atoms with Crippen LogP contribution >= 0.6 is 15.9 Å². The fraction of sp³-hybridized carbons (Fsp3) is 0.455. The normalized spacial score (nSPS) is 12.5. The van der Waals surface area contributed by atoms with Gasteiger partial charge in [-0.25, -0.2) is 0 Å². The summed E-state index contributed by atoms with van der Waals surface area (Å²) in [7, 11) is 1.65. The molecular weight excluding hydrogens is 258 g/mol. The summed E-state index contributed by atoms with van der Waals surface area (Å²) in [5.74, 6) is 0.816. The first-order valence-corrected chi connectivity index (χ1v) is 5.61. The first-order chi connectivity index (χ1) is 7.15. The molecule has 0 radical (unpaired) electrons. The summed E-state index contributed by atoms with van der Waals surface area (Å²) >= 11 is 3.45. The number of nitrogens with two attached hydrogens (primary N) is 1. The molecule has 0 saturated heterocycles. The van der Waals surface area contributed by atoms with Gasteiger partial charge in [0, 0.05) is 13.2 Å². The number of hydrogen-bond acceptors (Lipinski definition) is 3. The van der Waals surface area contributed by atoms with Gasteiger partial charge in [-0.3, -0.25) is 0 Å². The second-order valence-corrected chi connectivity index (χ2v) is 4.17. The maximum Gasteiger partial charge on any atom is 0.133 e. The van der Waals surface area contributed by atoms with E-state index in [9.17, 15) is 0 Å². The molecule has 4 heteroatoms. The molecule has 0 aliphatic carbocycles. The van der Waals surface area contributed by atoms with E-state index in [4.69, 9.17) is 15.2 Å². The van der Waals surface area contributed by atoms with Gasteiger partial charge in [0.25, 0.3) is 0 Å². The van der Waals surface area contributed by atoms with Gasteiger partial charge < -0.3 is 15.2 Å². The lowest BCUT2D eigenvalue weighted by Gasteiger charge is -2.11. The average molecular weight is 274 g/mol. The zero-order valence-corrected chi connectivity index (χ0v) is 10.6. The highest BCUT2D eigenvalue weighted by atomic mass is 79.9. The van der Waals surface area contributed by atoms with Crippen molar-refractivity contribution in [3.63, 3.8) is 0 Å². The summed E-state index contributed by atoms with van der Waals surface area (Å²) in [6.45, 7) is 3.08. The van der Waals surface area contributed by atoms with Crippen molar-refractivity contribution in [1.29, 1.82) is 0 Å². The van der Waals surface area contributed by atoms with Crippen LogP contribution in [0.4, 0.5) is 0 Å². The van der Waals surface area contributed by atoms with Crippen molar-refractivity contribution in [2.24, 2.45) is 5.73 Å². The second kappa shape index (κ2) is 6.10. The van der Waals surface area contributed by atoms with Gasteiger partial charge >= 0.3 is 0 Å². The SMILES string of the molecule is COCCOc1ccc([C@H](C)N)cc1Br. The maximum absolute atomic E-state index is 5.77. The Balaban J connectivity index is 2.66. The Labute approximate surface area is 98.7 Å². The fourth-order valence-electron chi connectivity index (χ4n) is 1.15. The minimum atomic E-state index is 0.0364. The lowest BCUT2D eigenvalue weighted by Crippen LogP contribution is -2.07. The number of rotatable bonds is 5. The molecule has 0 aliphatic heterocycles. The molecule has 0 bridgehead atoms. The van der Waals surface area contributed by atoms with E-state index < -0.39 is 0 Å². The zero-order chi connectivity index (χ0) is 11.3. The Hall–Kier alpha value is -0.580. The summed E-state index contributed by atoms with van der Waals surface area (Å²) in [6.07, 6.45) is 0. The van der Waals surface area contributed by atoms with E-state index >= 15 is 0 Å². The molecule has 0 aromatic heterocycles. The van der Waals surface area contributed by atoms with Gasteiger partial charge in [0.15, 0.2) is 0 Å². The molecule has 15 heavy (non-hydrogen) atoms. The van der Waals surface area contributed by atoms with E-state index in [2.05, 4.69) is 15.9 Å². The van der Waals surface area contributed by atoms with Crippen molar-refractivity contribution in [2.75, 3.05) is 20.3 Å². The molecule has 84 valence electrons. The quantitative estimate of drug-likeness (QED) is 0.839. The van der Waals surface area contributed by atoms with Crippen molar-refractivity contribution in [3.8, 4) is 5.75 Å². The second-order valence-electron chi connectivity index (χ2n) is 3.32. The molecule has 1 atom stereocenters. The number of methoxy groups -OCH3 is 1. The standard InChI is InChI=1S/C11H16BrNO2/c1-8(13)9-3-4-11(10(12)7-9)15-6-5-14-2/h3-4,7-8H,5-6,13H2,1-2H3/t8-/m0/s1. The van der Waals surface area contributed by atoms with Crippen LogP contribution in [0.5, 0.6) is 5.75 Å². The van der Waals surface area contributed by atoms with Gasteiger partial charge in [-0.05, 0) is 40.5 Å². The van der Waals surface area contributed by atoms with Crippen molar-refractivity contribution >= 4 is 15.9 Å². The Morgan fingerprint density at radius 2 is 2.13 bits per heavy atom. The smallest absolute Gasteiger partial charge is 0.133 e. The van der Waals surface area contributed by atoms with E-state index in [1.807, 2.05) is 25.1 Å². The molecule has 0 unspecified atom stereocenters. The highest BCUT2D eigenvalue weighted by molar-refractivity contribution is 9.10. The Kier molecular flexibility index (Phi) is 5.08. The van der Waals surface area contributed by atoms with Crippen molar-refractivity contribution in [1.82, 2.24) is 0 Å². The largest absolute Gasteiger partial charge is 0.490 e. The van der Waals surface area contributed by atoms with E-state index in [1.54, 1.807) is 7.11 Å². The van der Waals surface area contributed by atoms with Gasteiger partial charge in [0.05, 0.1) is 11.1 Å². The van der Waals surface area contributed by atoms with Crippen LogP contribution in [0.1, 0.15) is 18.5 Å². The van der Waals surface area contributed by atoms with E-state index in [-0.39, 0.29) is 6.04 Å². The molecule has 0 amide bonds. The third-order valence-electron chi connectivity index (χ3n) is 2.03. The van der Waals surface area contributed by atoms with E-state index in [0.717, 1.165) is 15.8 Å². The van der Waals surface area contributed by atoms with Crippen LogP contribution in [0.3, 0.4) is 0 Å². The number of hydrogen-bond donors (Lipinski definition) is 1. The maximum atomic E-state index is 5.77.